The highest BCUT2D eigenvalue weighted by Crippen LogP contribution is 2.16. The number of hydrogen-bond acceptors (Lipinski definition) is 5. The van der Waals surface area contributed by atoms with Crippen LogP contribution in [0.1, 0.15) is 0 Å². The van der Waals surface area contributed by atoms with Crippen molar-refractivity contribution in [2.24, 2.45) is 0 Å². The summed E-state index contributed by atoms with van der Waals surface area (Å²) in [5.74, 6) is 0.616. The molecule has 0 saturated carbocycles. The van der Waals surface area contributed by atoms with Gasteiger partial charge in [-0.3, -0.25) is 14.6 Å². The van der Waals surface area contributed by atoms with Crippen molar-refractivity contribution in [1.29, 1.82) is 0 Å². The van der Waals surface area contributed by atoms with E-state index in [1.807, 2.05) is 0 Å². The Morgan fingerprint density at radius 2 is 2.12 bits per heavy atom. The topological polar surface area (TPSA) is 87.0 Å². The summed E-state index contributed by atoms with van der Waals surface area (Å²) in [6.07, 6.45) is 2.44. The van der Waals surface area contributed by atoms with E-state index < -0.39 is 6.10 Å². The van der Waals surface area contributed by atoms with Crippen LogP contribution in [0.2, 0.25) is 0 Å². The number of aromatic amines is 1. The fraction of sp³-hybridized carbons (Fsp3) is 0.300. The smallest absolute Gasteiger partial charge is 0.195 e. The molecule has 1 atom stereocenters. The zero-order chi connectivity index (χ0) is 12.3. The number of pyridine rings is 1. The van der Waals surface area contributed by atoms with Crippen LogP contribution < -0.4 is 0 Å². The summed E-state index contributed by atoms with van der Waals surface area (Å²) in [5.41, 5.74) is 0.845. The maximum absolute atomic E-state index is 9.45. The molecule has 6 nitrogen and oxygen atoms in total. The molecule has 0 radical (unpaired) electrons. The van der Waals surface area contributed by atoms with Crippen molar-refractivity contribution < 1.29 is 10.2 Å². The molecule has 1 unspecified atom stereocenters. The fourth-order valence-electron chi connectivity index (χ4n) is 1.48. The van der Waals surface area contributed by atoms with Gasteiger partial charge in [0, 0.05) is 18.0 Å². The van der Waals surface area contributed by atoms with Gasteiger partial charge in [-0.2, -0.15) is 5.10 Å². The van der Waals surface area contributed by atoms with E-state index in [1.54, 1.807) is 29.1 Å². The van der Waals surface area contributed by atoms with E-state index in [-0.39, 0.29) is 13.2 Å². The Kier molecular flexibility index (Phi) is 3.62. The van der Waals surface area contributed by atoms with Crippen LogP contribution in [0.5, 0.6) is 0 Å². The van der Waals surface area contributed by atoms with Crippen molar-refractivity contribution >= 4 is 12.2 Å². The molecule has 7 heteroatoms. The molecule has 0 aromatic carbocycles. The first-order valence-electron chi connectivity index (χ1n) is 5.07. The third kappa shape index (κ3) is 2.57. The molecule has 0 bridgehead atoms. The third-order valence-electron chi connectivity index (χ3n) is 2.30. The van der Waals surface area contributed by atoms with Crippen molar-refractivity contribution in [3.8, 4) is 11.4 Å². The third-order valence-corrected chi connectivity index (χ3v) is 2.61. The van der Waals surface area contributed by atoms with Crippen molar-refractivity contribution in [3.05, 3.63) is 29.3 Å². The van der Waals surface area contributed by atoms with Gasteiger partial charge in [0.1, 0.15) is 0 Å². The highest BCUT2D eigenvalue weighted by Gasteiger charge is 2.11. The van der Waals surface area contributed by atoms with Crippen molar-refractivity contribution in [1.82, 2.24) is 19.7 Å². The maximum Gasteiger partial charge on any atom is 0.195 e. The van der Waals surface area contributed by atoms with E-state index in [0.29, 0.717) is 10.6 Å². The van der Waals surface area contributed by atoms with Gasteiger partial charge < -0.3 is 10.2 Å². The van der Waals surface area contributed by atoms with Gasteiger partial charge in [-0.1, -0.05) is 0 Å². The van der Waals surface area contributed by atoms with E-state index in [4.69, 9.17) is 17.3 Å². The first kappa shape index (κ1) is 11.9. The van der Waals surface area contributed by atoms with E-state index in [1.165, 1.54) is 0 Å². The van der Waals surface area contributed by atoms with E-state index in [2.05, 4.69) is 15.2 Å². The molecular formula is C10H12N4O2S. The van der Waals surface area contributed by atoms with Crippen LogP contribution >= 0.6 is 12.2 Å². The summed E-state index contributed by atoms with van der Waals surface area (Å²) >= 11 is 5.08. The normalized spacial score (nSPS) is 12.6. The molecule has 0 fully saturated rings. The highest BCUT2D eigenvalue weighted by molar-refractivity contribution is 7.71. The number of hydrogen-bond donors (Lipinski definition) is 3. The second kappa shape index (κ2) is 5.17. The predicted octanol–water partition coefficient (Wildman–Crippen LogP) is 0.356. The average Bonchev–Trinajstić information content (AvgIpc) is 2.72. The Hall–Kier alpha value is -1.57. The molecule has 0 saturated heterocycles. The fourth-order valence-corrected chi connectivity index (χ4v) is 1.68. The summed E-state index contributed by atoms with van der Waals surface area (Å²) in [6.45, 7) is -0.119. The standard InChI is InChI=1S/C10H12N4O2S/c15-6-8(16)5-14-9(12-13-10(14)17)7-1-3-11-4-2-7/h1-4,8,15-16H,5-6H2,(H,13,17). The lowest BCUT2D eigenvalue weighted by Crippen LogP contribution is -2.20. The highest BCUT2D eigenvalue weighted by atomic mass is 32.1. The maximum atomic E-state index is 9.45. The number of H-pyrrole nitrogens is 1. The van der Waals surface area contributed by atoms with Crippen molar-refractivity contribution in [3.63, 3.8) is 0 Å². The summed E-state index contributed by atoms with van der Waals surface area (Å²) in [5, 5.41) is 25.1. The molecule has 0 amide bonds. The molecule has 0 aliphatic carbocycles. The molecule has 17 heavy (non-hydrogen) atoms. The van der Waals surface area contributed by atoms with E-state index in [9.17, 15) is 5.11 Å². The first-order valence-corrected chi connectivity index (χ1v) is 5.47. The number of aliphatic hydroxyl groups is 2. The minimum Gasteiger partial charge on any atom is -0.394 e. The van der Waals surface area contributed by atoms with Crippen molar-refractivity contribution in [2.45, 2.75) is 12.6 Å². The summed E-state index contributed by atoms with van der Waals surface area (Å²) in [7, 11) is 0. The average molecular weight is 252 g/mol. The van der Waals surface area contributed by atoms with Crippen LogP contribution in [0.3, 0.4) is 0 Å². The lowest BCUT2D eigenvalue weighted by molar-refractivity contribution is 0.0812. The molecule has 0 aliphatic heterocycles. The summed E-state index contributed by atoms with van der Waals surface area (Å²) in [6, 6.07) is 3.60. The van der Waals surface area contributed by atoms with Crippen LogP contribution in [-0.4, -0.2) is 42.7 Å². The SMILES string of the molecule is OCC(O)Cn1c(-c2ccncc2)n[nH]c1=S. The zero-order valence-electron chi connectivity index (χ0n) is 8.95. The quantitative estimate of drug-likeness (QED) is 0.684. The molecular weight excluding hydrogens is 240 g/mol. The molecule has 0 spiro atoms. The van der Waals surface area contributed by atoms with Gasteiger partial charge in [-0.05, 0) is 24.4 Å². The number of nitrogens with zero attached hydrogens (tertiary/aromatic N) is 3. The second-order valence-electron chi connectivity index (χ2n) is 3.54. The van der Waals surface area contributed by atoms with Crippen LogP contribution in [0.4, 0.5) is 0 Å². The Labute approximate surface area is 103 Å². The number of rotatable bonds is 4. The summed E-state index contributed by atoms with van der Waals surface area (Å²) in [4.78, 5) is 3.92. The van der Waals surface area contributed by atoms with Gasteiger partial charge in [0.2, 0.25) is 0 Å². The number of aromatic nitrogens is 4. The largest absolute Gasteiger partial charge is 0.394 e. The van der Waals surface area contributed by atoms with Gasteiger partial charge in [0.15, 0.2) is 10.6 Å². The molecule has 2 heterocycles. The lowest BCUT2D eigenvalue weighted by Gasteiger charge is -2.10. The molecule has 2 aromatic heterocycles. The van der Waals surface area contributed by atoms with Gasteiger partial charge in [0.25, 0.3) is 0 Å². The Morgan fingerprint density at radius 1 is 1.41 bits per heavy atom. The molecule has 0 aliphatic rings. The van der Waals surface area contributed by atoms with Crippen LogP contribution in [0.15, 0.2) is 24.5 Å². The second-order valence-corrected chi connectivity index (χ2v) is 3.92. The van der Waals surface area contributed by atoms with Crippen LogP contribution in [0, 0.1) is 4.77 Å². The monoisotopic (exact) mass is 252 g/mol. The van der Waals surface area contributed by atoms with Crippen LogP contribution in [0.25, 0.3) is 11.4 Å². The Bertz CT molecular complexity index is 537. The van der Waals surface area contributed by atoms with Gasteiger partial charge in [-0.25, -0.2) is 0 Å². The lowest BCUT2D eigenvalue weighted by atomic mass is 10.2. The Balaban J connectivity index is 2.39. The zero-order valence-corrected chi connectivity index (χ0v) is 9.76. The molecule has 2 aromatic rings. The van der Waals surface area contributed by atoms with Crippen LogP contribution in [-0.2, 0) is 6.54 Å². The van der Waals surface area contributed by atoms with Gasteiger partial charge in [-0.15, -0.1) is 0 Å². The first-order chi connectivity index (χ1) is 8.22. The Morgan fingerprint density at radius 3 is 2.76 bits per heavy atom. The van der Waals surface area contributed by atoms with Gasteiger partial charge >= 0.3 is 0 Å². The number of aliphatic hydroxyl groups excluding tert-OH is 2. The van der Waals surface area contributed by atoms with E-state index in [0.717, 1.165) is 5.56 Å². The summed E-state index contributed by atoms with van der Waals surface area (Å²) < 4.78 is 2.05. The minimum atomic E-state index is -0.861. The van der Waals surface area contributed by atoms with Crippen molar-refractivity contribution in [2.75, 3.05) is 6.61 Å². The predicted molar refractivity (Wildman–Crippen MR) is 63.7 cm³/mol. The molecule has 90 valence electrons. The molecule has 3 N–H and O–H groups in total. The molecule has 2 rings (SSSR count). The van der Waals surface area contributed by atoms with Gasteiger partial charge in [0.05, 0.1) is 19.3 Å². The van der Waals surface area contributed by atoms with E-state index >= 15 is 0 Å². The number of nitrogens with one attached hydrogen (secondary N) is 1. The minimum absolute atomic E-state index is 0.198.